The first-order chi connectivity index (χ1) is 13.3. The molecular formula is C17H17BrN4O5S. The van der Waals surface area contributed by atoms with Gasteiger partial charge in [-0.2, -0.15) is 4.31 Å². The molecule has 0 saturated carbocycles. The smallest absolute Gasteiger partial charge is 0.321 e. The van der Waals surface area contributed by atoms with Gasteiger partial charge in [-0.25, -0.2) is 13.2 Å². The van der Waals surface area contributed by atoms with E-state index in [4.69, 9.17) is 0 Å². The van der Waals surface area contributed by atoms with Crippen LogP contribution in [0, 0.1) is 10.1 Å². The van der Waals surface area contributed by atoms with Gasteiger partial charge in [-0.05, 0) is 24.3 Å². The lowest BCUT2D eigenvalue weighted by Gasteiger charge is -2.34. The maximum Gasteiger partial charge on any atom is 0.321 e. The van der Waals surface area contributed by atoms with Gasteiger partial charge in [0.25, 0.3) is 5.69 Å². The van der Waals surface area contributed by atoms with Gasteiger partial charge in [0.1, 0.15) is 0 Å². The molecule has 2 aromatic carbocycles. The van der Waals surface area contributed by atoms with E-state index < -0.39 is 21.0 Å². The molecule has 0 radical (unpaired) electrons. The number of benzene rings is 2. The van der Waals surface area contributed by atoms with E-state index in [1.807, 2.05) is 0 Å². The zero-order valence-electron chi connectivity index (χ0n) is 14.6. The first-order valence-electron chi connectivity index (χ1n) is 8.33. The van der Waals surface area contributed by atoms with Gasteiger partial charge in [0, 0.05) is 48.5 Å². The molecule has 0 aromatic heterocycles. The molecule has 1 heterocycles. The van der Waals surface area contributed by atoms with Crippen LogP contribution in [-0.4, -0.2) is 54.8 Å². The summed E-state index contributed by atoms with van der Waals surface area (Å²) >= 11 is 3.27. The highest BCUT2D eigenvalue weighted by atomic mass is 79.9. The van der Waals surface area contributed by atoms with Crippen molar-refractivity contribution in [1.29, 1.82) is 0 Å². The summed E-state index contributed by atoms with van der Waals surface area (Å²) in [6, 6.07) is 11.7. The molecule has 0 atom stereocenters. The number of carbonyl (C=O) groups is 1. The number of carbonyl (C=O) groups excluding carboxylic acids is 1. The highest BCUT2D eigenvalue weighted by Gasteiger charge is 2.30. The maximum absolute atomic E-state index is 12.7. The second-order valence-electron chi connectivity index (χ2n) is 6.09. The van der Waals surface area contributed by atoms with Crippen LogP contribution in [-0.2, 0) is 10.0 Å². The fraction of sp³-hybridized carbons (Fsp3) is 0.235. The zero-order chi connectivity index (χ0) is 20.3. The highest BCUT2D eigenvalue weighted by molar-refractivity contribution is 9.10. The molecule has 9 nitrogen and oxygen atoms in total. The Kier molecular flexibility index (Phi) is 5.96. The second kappa shape index (κ2) is 8.25. The number of non-ortho nitro benzene ring substituents is 1. The zero-order valence-corrected chi connectivity index (χ0v) is 17.0. The van der Waals surface area contributed by atoms with E-state index in [0.29, 0.717) is 10.2 Å². The molecule has 1 saturated heterocycles. The predicted octanol–water partition coefficient (Wildman–Crippen LogP) is 2.90. The van der Waals surface area contributed by atoms with E-state index in [-0.39, 0.29) is 36.8 Å². The summed E-state index contributed by atoms with van der Waals surface area (Å²) in [5.41, 5.74) is 0.186. The van der Waals surface area contributed by atoms with Gasteiger partial charge >= 0.3 is 6.03 Å². The summed E-state index contributed by atoms with van der Waals surface area (Å²) in [5.74, 6) is 0. The Bertz CT molecular complexity index is 1010. The number of amides is 2. The lowest BCUT2D eigenvalue weighted by atomic mass is 10.3. The Balaban J connectivity index is 1.63. The number of nitro groups is 1. The fourth-order valence-corrected chi connectivity index (χ4v) is 4.83. The Morgan fingerprint density at radius 3 is 2.39 bits per heavy atom. The average molecular weight is 469 g/mol. The third-order valence-corrected chi connectivity index (χ3v) is 6.66. The molecule has 1 aliphatic rings. The monoisotopic (exact) mass is 468 g/mol. The molecule has 2 aromatic rings. The van der Waals surface area contributed by atoms with Crippen molar-refractivity contribution in [1.82, 2.24) is 9.21 Å². The number of hydrogen-bond donors (Lipinski definition) is 1. The average Bonchev–Trinajstić information content (AvgIpc) is 2.68. The molecule has 0 unspecified atom stereocenters. The van der Waals surface area contributed by atoms with E-state index in [1.54, 1.807) is 18.2 Å². The van der Waals surface area contributed by atoms with E-state index in [1.165, 1.54) is 39.5 Å². The van der Waals surface area contributed by atoms with Crippen molar-refractivity contribution in [3.63, 3.8) is 0 Å². The Morgan fingerprint density at radius 1 is 1.07 bits per heavy atom. The van der Waals surface area contributed by atoms with Gasteiger partial charge in [0.2, 0.25) is 10.0 Å². The number of halogens is 1. The van der Waals surface area contributed by atoms with Crippen molar-refractivity contribution in [2.45, 2.75) is 4.90 Å². The summed E-state index contributed by atoms with van der Waals surface area (Å²) in [6.45, 7) is 0.760. The van der Waals surface area contributed by atoms with Crippen LogP contribution in [0.15, 0.2) is 57.9 Å². The van der Waals surface area contributed by atoms with Gasteiger partial charge in [-0.1, -0.05) is 28.1 Å². The molecule has 11 heteroatoms. The number of rotatable bonds is 4. The van der Waals surface area contributed by atoms with Crippen LogP contribution < -0.4 is 5.32 Å². The Labute approximate surface area is 170 Å². The highest BCUT2D eigenvalue weighted by Crippen LogP contribution is 2.22. The minimum Gasteiger partial charge on any atom is -0.322 e. The Morgan fingerprint density at radius 2 is 1.75 bits per heavy atom. The number of hydrogen-bond acceptors (Lipinski definition) is 5. The van der Waals surface area contributed by atoms with E-state index in [9.17, 15) is 23.3 Å². The predicted molar refractivity (Wildman–Crippen MR) is 107 cm³/mol. The minimum absolute atomic E-state index is 0.122. The van der Waals surface area contributed by atoms with Crippen molar-refractivity contribution in [2.24, 2.45) is 0 Å². The Hall–Kier alpha value is -2.50. The van der Waals surface area contributed by atoms with Crippen molar-refractivity contribution in [2.75, 3.05) is 31.5 Å². The molecule has 3 rings (SSSR count). The van der Waals surface area contributed by atoms with Gasteiger partial charge in [-0.15, -0.1) is 0 Å². The molecule has 1 aliphatic heterocycles. The van der Waals surface area contributed by atoms with Gasteiger partial charge in [0.05, 0.1) is 9.82 Å². The first-order valence-corrected chi connectivity index (χ1v) is 10.6. The summed E-state index contributed by atoms with van der Waals surface area (Å²) in [4.78, 5) is 24.3. The molecule has 148 valence electrons. The van der Waals surface area contributed by atoms with Crippen LogP contribution in [0.1, 0.15) is 0 Å². The first kappa shape index (κ1) is 20.2. The number of nitrogens with one attached hydrogen (secondary N) is 1. The van der Waals surface area contributed by atoms with E-state index in [0.717, 1.165) is 0 Å². The molecule has 0 aliphatic carbocycles. The summed E-state index contributed by atoms with van der Waals surface area (Å²) in [6.07, 6.45) is 0. The molecule has 28 heavy (non-hydrogen) atoms. The van der Waals surface area contributed by atoms with Crippen LogP contribution in [0.5, 0.6) is 0 Å². The van der Waals surface area contributed by atoms with Crippen molar-refractivity contribution >= 4 is 43.4 Å². The minimum atomic E-state index is -3.64. The summed E-state index contributed by atoms with van der Waals surface area (Å²) in [5, 5.41) is 13.4. The molecule has 2 amide bonds. The lowest BCUT2D eigenvalue weighted by Crippen LogP contribution is -2.51. The van der Waals surface area contributed by atoms with Crippen molar-refractivity contribution < 1.29 is 18.1 Å². The largest absolute Gasteiger partial charge is 0.322 e. The van der Waals surface area contributed by atoms with Crippen LogP contribution in [0.25, 0.3) is 0 Å². The number of piperazine rings is 1. The topological polar surface area (TPSA) is 113 Å². The molecule has 1 fully saturated rings. The number of sulfonamides is 1. The third kappa shape index (κ3) is 4.49. The molecule has 0 spiro atoms. The van der Waals surface area contributed by atoms with Crippen molar-refractivity contribution in [3.05, 3.63) is 63.1 Å². The normalized spacial score (nSPS) is 15.2. The van der Waals surface area contributed by atoms with Crippen LogP contribution in [0.3, 0.4) is 0 Å². The summed E-state index contributed by atoms with van der Waals surface area (Å²) < 4.78 is 27.5. The number of urea groups is 1. The number of nitrogens with zero attached hydrogens (tertiary/aromatic N) is 3. The van der Waals surface area contributed by atoms with Crippen LogP contribution >= 0.6 is 15.9 Å². The van der Waals surface area contributed by atoms with Crippen molar-refractivity contribution in [3.8, 4) is 0 Å². The van der Waals surface area contributed by atoms with Crippen LogP contribution in [0.2, 0.25) is 0 Å². The van der Waals surface area contributed by atoms with Gasteiger partial charge < -0.3 is 10.2 Å². The molecule has 0 bridgehead atoms. The van der Waals surface area contributed by atoms with E-state index >= 15 is 0 Å². The third-order valence-electron chi connectivity index (χ3n) is 4.27. The van der Waals surface area contributed by atoms with Gasteiger partial charge in [-0.3, -0.25) is 10.1 Å². The number of anilines is 1. The second-order valence-corrected chi connectivity index (χ2v) is 8.94. The lowest BCUT2D eigenvalue weighted by molar-refractivity contribution is -0.384. The van der Waals surface area contributed by atoms with Gasteiger partial charge in [0.15, 0.2) is 0 Å². The molecular weight excluding hydrogens is 452 g/mol. The SMILES string of the molecule is O=C(Nc1cccc([N+](=O)[O-])c1)N1CCN(S(=O)(=O)c2cccc(Br)c2)CC1. The van der Waals surface area contributed by atoms with Crippen LogP contribution in [0.4, 0.5) is 16.2 Å². The quantitative estimate of drug-likeness (QED) is 0.547. The van der Waals surface area contributed by atoms with E-state index in [2.05, 4.69) is 21.2 Å². The fourth-order valence-electron chi connectivity index (χ4n) is 2.81. The molecule has 1 N–H and O–H groups in total. The number of nitro benzene ring substituents is 1. The summed E-state index contributed by atoms with van der Waals surface area (Å²) in [7, 11) is -3.64. The standard InChI is InChI=1S/C17H17BrN4O5S/c18-13-3-1-6-16(11-13)28(26,27)21-9-7-20(8-10-21)17(23)19-14-4-2-5-15(12-14)22(24)25/h1-6,11-12H,7-10H2,(H,19,23). The maximum atomic E-state index is 12.7.